The molecule has 0 aliphatic rings. The van der Waals surface area contributed by atoms with E-state index in [4.69, 9.17) is 14.2 Å². The third-order valence-electron chi connectivity index (χ3n) is 5.13. The van der Waals surface area contributed by atoms with E-state index < -0.39 is 16.5 Å². The van der Waals surface area contributed by atoms with Crippen LogP contribution < -0.4 is 19.1 Å². The first kappa shape index (κ1) is 23.9. The van der Waals surface area contributed by atoms with Crippen LogP contribution in [0.25, 0.3) is 10.2 Å². The van der Waals surface area contributed by atoms with Crippen LogP contribution in [0.4, 0.5) is 10.8 Å². The largest absolute Gasteiger partial charge is 0.494 e. The number of methoxy groups -OCH3 is 2. The number of anilines is 1. The average molecular weight is 495 g/mol. The topological polar surface area (TPSA) is 117 Å². The molecule has 2 aromatic carbocycles. The monoisotopic (exact) mass is 494 g/mol. The summed E-state index contributed by atoms with van der Waals surface area (Å²) in [5, 5.41) is 12.2. The maximum atomic E-state index is 13.8. The lowest BCUT2D eigenvalue weighted by atomic mass is 10.1. The summed E-state index contributed by atoms with van der Waals surface area (Å²) in [6.45, 7) is 2.52. The SMILES string of the molecule is CCOc1ccc2nc(N(Cc3cccnc3)C(=O)c3cc(OC)c(OC)cc3[N+](=O)[O-])sc2c1. The lowest BCUT2D eigenvalue weighted by Gasteiger charge is -2.20. The van der Waals surface area contributed by atoms with Crippen molar-refractivity contribution in [2.75, 3.05) is 25.7 Å². The second-order valence-electron chi connectivity index (χ2n) is 7.29. The van der Waals surface area contributed by atoms with Crippen LogP contribution in [0.3, 0.4) is 0 Å². The number of pyridine rings is 1. The molecule has 4 rings (SSSR count). The number of fused-ring (bicyclic) bond motifs is 1. The van der Waals surface area contributed by atoms with E-state index in [1.807, 2.05) is 31.2 Å². The van der Waals surface area contributed by atoms with E-state index in [-0.39, 0.29) is 23.6 Å². The Morgan fingerprint density at radius 3 is 2.57 bits per heavy atom. The molecule has 11 heteroatoms. The number of thiazole rings is 1. The summed E-state index contributed by atoms with van der Waals surface area (Å²) in [4.78, 5) is 35.2. The molecule has 0 saturated carbocycles. The van der Waals surface area contributed by atoms with Crippen molar-refractivity contribution in [1.82, 2.24) is 9.97 Å². The summed E-state index contributed by atoms with van der Waals surface area (Å²) in [6, 6.07) is 11.5. The van der Waals surface area contributed by atoms with E-state index in [2.05, 4.69) is 9.97 Å². The molecule has 0 aliphatic heterocycles. The Kier molecular flexibility index (Phi) is 7.06. The molecule has 0 N–H and O–H groups in total. The van der Waals surface area contributed by atoms with Crippen molar-refractivity contribution >= 4 is 38.3 Å². The second kappa shape index (κ2) is 10.3. The summed E-state index contributed by atoms with van der Waals surface area (Å²) >= 11 is 1.29. The molecule has 0 atom stereocenters. The maximum Gasteiger partial charge on any atom is 0.286 e. The fraction of sp³-hybridized carbons (Fsp3) is 0.208. The van der Waals surface area contributed by atoms with Crippen molar-refractivity contribution < 1.29 is 23.9 Å². The Morgan fingerprint density at radius 2 is 1.91 bits per heavy atom. The number of rotatable bonds is 9. The van der Waals surface area contributed by atoms with Crippen molar-refractivity contribution in [2.24, 2.45) is 0 Å². The van der Waals surface area contributed by atoms with Crippen molar-refractivity contribution in [2.45, 2.75) is 13.5 Å². The van der Waals surface area contributed by atoms with Crippen molar-refractivity contribution in [3.8, 4) is 17.2 Å². The third-order valence-corrected chi connectivity index (χ3v) is 6.17. The van der Waals surface area contributed by atoms with E-state index in [0.29, 0.717) is 23.0 Å². The molecule has 2 heterocycles. The molecule has 0 unspecified atom stereocenters. The fourth-order valence-corrected chi connectivity index (χ4v) is 4.49. The highest BCUT2D eigenvalue weighted by molar-refractivity contribution is 7.22. The molecule has 0 radical (unpaired) electrons. The standard InChI is InChI=1S/C24H22N4O6S/c1-4-34-16-7-8-18-22(10-16)35-24(26-18)27(14-15-6-5-9-25-13-15)23(29)17-11-20(32-2)21(33-3)12-19(17)28(30)31/h5-13H,4,14H2,1-3H3. The predicted octanol–water partition coefficient (Wildman–Crippen LogP) is 4.86. The number of nitro groups is 1. The Hall–Kier alpha value is -4.25. The zero-order valence-corrected chi connectivity index (χ0v) is 20.1. The lowest BCUT2D eigenvalue weighted by molar-refractivity contribution is -0.385. The first-order chi connectivity index (χ1) is 16.9. The number of amides is 1. The summed E-state index contributed by atoms with van der Waals surface area (Å²) in [5.41, 5.74) is 0.867. The molecule has 0 aliphatic carbocycles. The molecule has 2 aromatic heterocycles. The minimum absolute atomic E-state index is 0.107. The van der Waals surface area contributed by atoms with Crippen LogP contribution in [0.5, 0.6) is 17.2 Å². The van der Waals surface area contributed by atoms with Crippen LogP contribution in [0.15, 0.2) is 54.9 Å². The highest BCUT2D eigenvalue weighted by Crippen LogP contribution is 2.38. The van der Waals surface area contributed by atoms with Gasteiger partial charge in [-0.25, -0.2) is 4.98 Å². The fourth-order valence-electron chi connectivity index (χ4n) is 3.50. The first-order valence-corrected chi connectivity index (χ1v) is 11.4. The Labute approximate surface area is 204 Å². The van der Waals surface area contributed by atoms with E-state index >= 15 is 0 Å². The number of nitrogens with zero attached hydrogens (tertiary/aromatic N) is 4. The number of aromatic nitrogens is 2. The van der Waals surface area contributed by atoms with Gasteiger partial charge in [0.25, 0.3) is 11.6 Å². The molecule has 35 heavy (non-hydrogen) atoms. The zero-order chi connectivity index (χ0) is 24.9. The highest BCUT2D eigenvalue weighted by atomic mass is 32.1. The number of hydrogen-bond acceptors (Lipinski definition) is 9. The van der Waals surface area contributed by atoms with Crippen molar-refractivity contribution in [3.63, 3.8) is 0 Å². The predicted molar refractivity (Wildman–Crippen MR) is 132 cm³/mol. The summed E-state index contributed by atoms with van der Waals surface area (Å²) in [7, 11) is 2.77. The second-order valence-corrected chi connectivity index (χ2v) is 8.30. The molecule has 1 amide bonds. The molecular formula is C24H22N4O6S. The van der Waals surface area contributed by atoms with E-state index in [1.165, 1.54) is 42.6 Å². The van der Waals surface area contributed by atoms with Crippen LogP contribution in [-0.4, -0.2) is 41.6 Å². The average Bonchev–Trinajstić information content (AvgIpc) is 3.30. The van der Waals surface area contributed by atoms with Crippen LogP contribution in [0, 0.1) is 10.1 Å². The molecule has 0 bridgehead atoms. The van der Waals surface area contributed by atoms with Crippen molar-refractivity contribution in [3.05, 3.63) is 76.1 Å². The van der Waals surface area contributed by atoms with Gasteiger partial charge in [0.05, 0.1) is 48.6 Å². The molecule has 180 valence electrons. The van der Waals surface area contributed by atoms with Gasteiger partial charge in [-0.3, -0.25) is 24.8 Å². The van der Waals surface area contributed by atoms with Gasteiger partial charge in [0, 0.05) is 18.5 Å². The van der Waals surface area contributed by atoms with Gasteiger partial charge in [-0.1, -0.05) is 17.4 Å². The number of nitro benzene ring substituents is 1. The molecule has 4 aromatic rings. The Morgan fingerprint density at radius 1 is 1.14 bits per heavy atom. The van der Waals surface area contributed by atoms with E-state index in [1.54, 1.807) is 18.5 Å². The number of carbonyl (C=O) groups is 1. The summed E-state index contributed by atoms with van der Waals surface area (Å²) in [5.74, 6) is 0.438. The normalized spacial score (nSPS) is 10.7. The van der Waals surface area contributed by atoms with Gasteiger partial charge in [-0.05, 0) is 36.8 Å². The van der Waals surface area contributed by atoms with Crippen LogP contribution in [0.2, 0.25) is 0 Å². The van der Waals surface area contributed by atoms with Gasteiger partial charge in [-0.15, -0.1) is 0 Å². The number of ether oxygens (including phenoxy) is 3. The van der Waals surface area contributed by atoms with Gasteiger partial charge < -0.3 is 14.2 Å². The van der Waals surface area contributed by atoms with E-state index in [0.717, 1.165) is 10.3 Å². The van der Waals surface area contributed by atoms with Crippen molar-refractivity contribution in [1.29, 1.82) is 0 Å². The van der Waals surface area contributed by atoms with Gasteiger partial charge in [0.15, 0.2) is 16.6 Å². The number of hydrogen-bond donors (Lipinski definition) is 0. The van der Waals surface area contributed by atoms with Gasteiger partial charge in [0.2, 0.25) is 0 Å². The smallest absolute Gasteiger partial charge is 0.286 e. The quantitative estimate of drug-likeness (QED) is 0.239. The zero-order valence-electron chi connectivity index (χ0n) is 19.3. The van der Waals surface area contributed by atoms with Crippen LogP contribution >= 0.6 is 11.3 Å². The number of benzene rings is 2. The molecule has 10 nitrogen and oxygen atoms in total. The molecule has 0 spiro atoms. The van der Waals surface area contributed by atoms with Crippen LogP contribution in [-0.2, 0) is 6.54 Å². The lowest BCUT2D eigenvalue weighted by Crippen LogP contribution is -2.31. The minimum atomic E-state index is -0.621. The minimum Gasteiger partial charge on any atom is -0.494 e. The van der Waals surface area contributed by atoms with Crippen LogP contribution in [0.1, 0.15) is 22.8 Å². The third kappa shape index (κ3) is 4.99. The Balaban J connectivity index is 1.84. The van der Waals surface area contributed by atoms with E-state index in [9.17, 15) is 14.9 Å². The van der Waals surface area contributed by atoms with Gasteiger partial charge >= 0.3 is 0 Å². The molecule has 0 fully saturated rings. The summed E-state index contributed by atoms with van der Waals surface area (Å²) in [6.07, 6.45) is 3.26. The maximum absolute atomic E-state index is 13.8. The molecular weight excluding hydrogens is 472 g/mol. The van der Waals surface area contributed by atoms with Gasteiger partial charge in [0.1, 0.15) is 11.3 Å². The Bertz CT molecular complexity index is 1380. The van der Waals surface area contributed by atoms with Gasteiger partial charge in [-0.2, -0.15) is 0 Å². The summed E-state index contributed by atoms with van der Waals surface area (Å²) < 4.78 is 16.9. The molecule has 0 saturated heterocycles. The first-order valence-electron chi connectivity index (χ1n) is 10.6. The highest BCUT2D eigenvalue weighted by Gasteiger charge is 2.30. The number of carbonyl (C=O) groups excluding carboxylic acids is 1.